The van der Waals surface area contributed by atoms with E-state index in [2.05, 4.69) is 24.3 Å². The lowest BCUT2D eigenvalue weighted by Crippen LogP contribution is -2.43. The number of aliphatic hydroxyl groups is 1. The molecule has 0 spiro atoms. The Labute approximate surface area is 146 Å². The molecule has 0 saturated carbocycles. The number of hydrogen-bond acceptors (Lipinski definition) is 3. The van der Waals surface area contributed by atoms with Crippen molar-refractivity contribution in [2.75, 3.05) is 5.01 Å². The molecule has 3 heteroatoms. The van der Waals surface area contributed by atoms with Gasteiger partial charge >= 0.3 is 0 Å². The Hall–Kier alpha value is -2.91. The quantitative estimate of drug-likeness (QED) is 0.774. The largest absolute Gasteiger partial charge is 0.380 e. The summed E-state index contributed by atoms with van der Waals surface area (Å²) in [6.07, 6.45) is 0.588. The zero-order valence-corrected chi connectivity index (χ0v) is 13.7. The van der Waals surface area contributed by atoms with Gasteiger partial charge in [0.05, 0.1) is 5.69 Å². The fraction of sp³-hybridized carbons (Fsp3) is 0.136. The molecule has 1 aliphatic carbocycles. The van der Waals surface area contributed by atoms with E-state index in [0.717, 1.165) is 28.1 Å². The van der Waals surface area contributed by atoms with Crippen LogP contribution in [0, 0.1) is 0 Å². The zero-order valence-electron chi connectivity index (χ0n) is 13.7. The van der Waals surface area contributed by atoms with Gasteiger partial charge in [-0.05, 0) is 23.3 Å². The second kappa shape index (κ2) is 5.30. The first kappa shape index (κ1) is 14.4. The third kappa shape index (κ3) is 2.06. The van der Waals surface area contributed by atoms with Gasteiger partial charge in [0.1, 0.15) is 17.4 Å². The van der Waals surface area contributed by atoms with Crippen molar-refractivity contribution in [3.63, 3.8) is 0 Å². The molecule has 1 aliphatic heterocycles. The summed E-state index contributed by atoms with van der Waals surface area (Å²) in [5.41, 5.74) is 4.05. The Balaban J connectivity index is 1.71. The van der Waals surface area contributed by atoms with E-state index in [-0.39, 0.29) is 6.04 Å². The number of rotatable bonds is 2. The molecule has 1 heterocycles. The number of hydrogen-bond donors (Lipinski definition) is 1. The van der Waals surface area contributed by atoms with Crippen molar-refractivity contribution in [2.45, 2.75) is 18.1 Å². The molecule has 0 unspecified atom stereocenters. The maximum Gasteiger partial charge on any atom is 0.139 e. The number of fused-ring (bicyclic) bond motifs is 3. The third-order valence-electron chi connectivity index (χ3n) is 5.18. The van der Waals surface area contributed by atoms with E-state index >= 15 is 0 Å². The van der Waals surface area contributed by atoms with Crippen LogP contribution in [0.2, 0.25) is 0 Å². The van der Waals surface area contributed by atoms with Gasteiger partial charge in [0.15, 0.2) is 0 Å². The van der Waals surface area contributed by atoms with Crippen molar-refractivity contribution in [1.82, 2.24) is 0 Å². The topological polar surface area (TPSA) is 35.8 Å². The average molecular weight is 326 g/mol. The minimum Gasteiger partial charge on any atom is -0.380 e. The molecule has 3 nitrogen and oxygen atoms in total. The van der Waals surface area contributed by atoms with Gasteiger partial charge in [-0.2, -0.15) is 5.10 Å². The van der Waals surface area contributed by atoms with Crippen LogP contribution in [0.15, 0.2) is 90.0 Å². The van der Waals surface area contributed by atoms with Gasteiger partial charge in [-0.15, -0.1) is 0 Å². The molecule has 5 rings (SSSR count). The lowest BCUT2D eigenvalue weighted by molar-refractivity contribution is 0.0956. The van der Waals surface area contributed by atoms with Crippen molar-refractivity contribution in [1.29, 1.82) is 0 Å². The fourth-order valence-corrected chi connectivity index (χ4v) is 4.09. The van der Waals surface area contributed by atoms with Crippen LogP contribution >= 0.6 is 0 Å². The molecular formula is C22H18N2O. The Bertz CT molecular complexity index is 952. The van der Waals surface area contributed by atoms with E-state index in [1.807, 2.05) is 65.7 Å². The second-order valence-corrected chi connectivity index (χ2v) is 6.70. The molecule has 0 fully saturated rings. The summed E-state index contributed by atoms with van der Waals surface area (Å²) in [7, 11) is 0. The Morgan fingerprint density at radius 2 is 1.48 bits per heavy atom. The molecule has 3 aromatic carbocycles. The normalized spacial score (nSPS) is 24.0. The van der Waals surface area contributed by atoms with E-state index in [0.29, 0.717) is 6.42 Å². The van der Waals surface area contributed by atoms with Crippen LogP contribution in [0.5, 0.6) is 0 Å². The van der Waals surface area contributed by atoms with Crippen LogP contribution in [-0.2, 0) is 6.42 Å². The van der Waals surface area contributed by atoms with Gasteiger partial charge in [0.25, 0.3) is 0 Å². The minimum absolute atomic E-state index is 0.238. The van der Waals surface area contributed by atoms with Crippen LogP contribution in [0.3, 0.4) is 0 Å². The van der Waals surface area contributed by atoms with Crippen molar-refractivity contribution in [3.8, 4) is 0 Å². The number of benzene rings is 3. The molecule has 2 aliphatic rings. The summed E-state index contributed by atoms with van der Waals surface area (Å²) in [5, 5.41) is 18.6. The Morgan fingerprint density at radius 1 is 0.840 bits per heavy atom. The van der Waals surface area contributed by atoms with E-state index < -0.39 is 5.60 Å². The van der Waals surface area contributed by atoms with Gasteiger partial charge in [-0.25, -0.2) is 0 Å². The van der Waals surface area contributed by atoms with Gasteiger partial charge in [0, 0.05) is 12.0 Å². The lowest BCUT2D eigenvalue weighted by atomic mass is 9.85. The maximum atomic E-state index is 11.7. The monoisotopic (exact) mass is 326 g/mol. The molecule has 0 radical (unpaired) electrons. The van der Waals surface area contributed by atoms with Crippen LogP contribution in [0.1, 0.15) is 22.7 Å². The first-order valence-corrected chi connectivity index (χ1v) is 8.56. The van der Waals surface area contributed by atoms with Crippen molar-refractivity contribution >= 4 is 11.4 Å². The molecule has 0 saturated heterocycles. The van der Waals surface area contributed by atoms with E-state index in [1.165, 1.54) is 0 Å². The summed E-state index contributed by atoms with van der Waals surface area (Å²) in [6.45, 7) is 0. The third-order valence-corrected chi connectivity index (χ3v) is 5.18. The number of hydrazone groups is 1. The standard InChI is InChI=1S/C22H18N2O/c25-22-15-17-11-7-8-14-19(17)20(22)23-24(18-12-5-2-6-13-18)21(22)16-9-3-1-4-10-16/h1-14,21,25H,15H2/t21-,22-/m1/s1. The highest BCUT2D eigenvalue weighted by Crippen LogP contribution is 2.48. The molecule has 122 valence electrons. The van der Waals surface area contributed by atoms with E-state index in [4.69, 9.17) is 5.10 Å². The van der Waals surface area contributed by atoms with E-state index in [1.54, 1.807) is 0 Å². The van der Waals surface area contributed by atoms with Crippen LogP contribution in [0.25, 0.3) is 0 Å². The highest BCUT2D eigenvalue weighted by Gasteiger charge is 2.55. The fourth-order valence-electron chi connectivity index (χ4n) is 4.09. The first-order valence-electron chi connectivity index (χ1n) is 8.56. The molecular weight excluding hydrogens is 308 g/mol. The molecule has 2 atom stereocenters. The Morgan fingerprint density at radius 3 is 2.24 bits per heavy atom. The van der Waals surface area contributed by atoms with E-state index in [9.17, 15) is 5.11 Å². The first-order chi connectivity index (χ1) is 12.3. The van der Waals surface area contributed by atoms with Crippen LogP contribution in [-0.4, -0.2) is 16.4 Å². The number of nitrogens with zero attached hydrogens (tertiary/aromatic N) is 2. The molecule has 0 amide bonds. The second-order valence-electron chi connectivity index (χ2n) is 6.70. The highest BCUT2D eigenvalue weighted by atomic mass is 16.3. The van der Waals surface area contributed by atoms with Gasteiger partial charge in [0.2, 0.25) is 0 Å². The maximum absolute atomic E-state index is 11.7. The van der Waals surface area contributed by atoms with Gasteiger partial charge in [-0.3, -0.25) is 5.01 Å². The zero-order chi connectivity index (χ0) is 16.9. The smallest absolute Gasteiger partial charge is 0.139 e. The number of para-hydroxylation sites is 1. The summed E-state index contributed by atoms with van der Waals surface area (Å²) in [4.78, 5) is 0. The highest BCUT2D eigenvalue weighted by molar-refractivity contribution is 6.13. The molecule has 1 N–H and O–H groups in total. The SMILES string of the molecule is O[C@]12Cc3ccccc3C1=NN(c1ccccc1)[C@@H]2c1ccccc1. The van der Waals surface area contributed by atoms with Crippen molar-refractivity contribution in [2.24, 2.45) is 5.10 Å². The predicted molar refractivity (Wildman–Crippen MR) is 99.7 cm³/mol. The summed E-state index contributed by atoms with van der Waals surface area (Å²) in [6, 6.07) is 28.2. The summed E-state index contributed by atoms with van der Waals surface area (Å²) < 4.78 is 0. The number of anilines is 1. The average Bonchev–Trinajstić information content (AvgIpc) is 3.11. The molecule has 0 bridgehead atoms. The molecule has 0 aromatic heterocycles. The predicted octanol–water partition coefficient (Wildman–Crippen LogP) is 3.94. The minimum atomic E-state index is -1.01. The summed E-state index contributed by atoms with van der Waals surface area (Å²) >= 11 is 0. The van der Waals surface area contributed by atoms with Crippen LogP contribution < -0.4 is 5.01 Å². The van der Waals surface area contributed by atoms with Crippen molar-refractivity contribution in [3.05, 3.63) is 102 Å². The summed E-state index contributed by atoms with van der Waals surface area (Å²) in [5.74, 6) is 0. The van der Waals surface area contributed by atoms with Gasteiger partial charge in [-0.1, -0.05) is 72.8 Å². The molecule has 25 heavy (non-hydrogen) atoms. The van der Waals surface area contributed by atoms with Crippen molar-refractivity contribution < 1.29 is 5.11 Å². The van der Waals surface area contributed by atoms with Crippen LogP contribution in [0.4, 0.5) is 5.69 Å². The lowest BCUT2D eigenvalue weighted by Gasteiger charge is -2.33. The Kier molecular flexibility index (Phi) is 3.06. The van der Waals surface area contributed by atoms with Gasteiger partial charge < -0.3 is 5.11 Å². The molecule has 3 aromatic rings.